The molecule has 0 unspecified atom stereocenters. The third-order valence-electron chi connectivity index (χ3n) is 2.06. The van der Waals surface area contributed by atoms with Gasteiger partial charge in [0, 0.05) is 23.9 Å². The minimum absolute atomic E-state index is 0.0672. The Bertz CT molecular complexity index is 583. The molecule has 86 valence electrons. The van der Waals surface area contributed by atoms with Crippen molar-refractivity contribution in [1.29, 1.82) is 0 Å². The van der Waals surface area contributed by atoms with Gasteiger partial charge in [-0.05, 0) is 6.07 Å². The predicted molar refractivity (Wildman–Crippen MR) is 63.7 cm³/mol. The normalized spacial score (nSPS) is 10.2. The number of carbonyl (C=O) groups excluding carboxylic acids is 1. The Morgan fingerprint density at radius 1 is 1.47 bits per heavy atom. The minimum Gasteiger partial charge on any atom is -0.288 e. The maximum Gasteiger partial charge on any atom is 0.270 e. The third kappa shape index (κ3) is 2.32. The zero-order valence-electron chi connectivity index (χ0n) is 8.29. The second-order valence-corrected chi connectivity index (χ2v) is 4.41. The molecule has 0 N–H and O–H groups in total. The molecule has 1 heterocycles. The smallest absolute Gasteiger partial charge is 0.270 e. The average molecular weight is 269 g/mol. The first-order valence-electron chi connectivity index (χ1n) is 4.46. The van der Waals surface area contributed by atoms with Crippen LogP contribution in [0, 0.1) is 10.1 Å². The monoisotopic (exact) mass is 268 g/mol. The molecule has 0 aliphatic carbocycles. The molecule has 0 aliphatic heterocycles. The van der Waals surface area contributed by atoms with Crippen LogP contribution in [0.25, 0.3) is 0 Å². The van der Waals surface area contributed by atoms with Crippen molar-refractivity contribution in [3.63, 3.8) is 0 Å². The number of rotatable bonds is 3. The molecule has 1 aromatic carbocycles. The molecule has 0 aliphatic rings. The van der Waals surface area contributed by atoms with E-state index in [4.69, 9.17) is 11.6 Å². The molecule has 0 amide bonds. The van der Waals surface area contributed by atoms with Crippen LogP contribution in [-0.4, -0.2) is 15.7 Å². The van der Waals surface area contributed by atoms with Crippen LogP contribution in [0.4, 0.5) is 5.69 Å². The van der Waals surface area contributed by atoms with E-state index in [1.165, 1.54) is 35.2 Å². The summed E-state index contributed by atoms with van der Waals surface area (Å²) in [6.07, 6.45) is 1.44. The molecule has 5 nitrogen and oxygen atoms in total. The number of thiazole rings is 1. The maximum absolute atomic E-state index is 11.9. The van der Waals surface area contributed by atoms with Crippen molar-refractivity contribution in [2.24, 2.45) is 0 Å². The highest BCUT2D eigenvalue weighted by Gasteiger charge is 2.17. The first-order valence-corrected chi connectivity index (χ1v) is 5.72. The van der Waals surface area contributed by atoms with Crippen LogP contribution < -0.4 is 0 Å². The standard InChI is InChI=1S/C10H5ClN2O3S/c11-8-3-6(13(15)16)1-2-7(8)10(14)9-4-12-5-17-9/h1-5H. The molecular formula is C10H5ClN2O3S. The number of nitro benzene ring substituents is 1. The summed E-state index contributed by atoms with van der Waals surface area (Å²) in [5.74, 6) is -0.285. The molecule has 0 fully saturated rings. The van der Waals surface area contributed by atoms with E-state index in [1.54, 1.807) is 0 Å². The summed E-state index contributed by atoms with van der Waals surface area (Å²) in [5.41, 5.74) is 1.63. The molecule has 0 saturated carbocycles. The van der Waals surface area contributed by atoms with Crippen molar-refractivity contribution >= 4 is 34.4 Å². The molecule has 1 aromatic heterocycles. The summed E-state index contributed by atoms with van der Waals surface area (Å²) in [7, 11) is 0. The van der Waals surface area contributed by atoms with Crippen LogP contribution in [0.1, 0.15) is 15.2 Å². The number of non-ortho nitro benzene ring substituents is 1. The lowest BCUT2D eigenvalue weighted by Gasteiger charge is -2.00. The Morgan fingerprint density at radius 3 is 2.76 bits per heavy atom. The molecule has 0 radical (unpaired) electrons. The van der Waals surface area contributed by atoms with Crippen molar-refractivity contribution in [2.45, 2.75) is 0 Å². The van der Waals surface area contributed by atoms with Gasteiger partial charge in [0.15, 0.2) is 0 Å². The van der Waals surface area contributed by atoms with Gasteiger partial charge in [-0.15, -0.1) is 11.3 Å². The third-order valence-corrected chi connectivity index (χ3v) is 3.15. The van der Waals surface area contributed by atoms with E-state index in [0.717, 1.165) is 6.07 Å². The summed E-state index contributed by atoms with van der Waals surface area (Å²) in [6.45, 7) is 0. The lowest BCUT2D eigenvalue weighted by atomic mass is 10.1. The van der Waals surface area contributed by atoms with Crippen molar-refractivity contribution in [3.8, 4) is 0 Å². The molecule has 17 heavy (non-hydrogen) atoms. The van der Waals surface area contributed by atoms with E-state index in [1.807, 2.05) is 0 Å². The Hall–Kier alpha value is -1.79. The Balaban J connectivity index is 2.41. The molecule has 7 heteroatoms. The number of benzene rings is 1. The highest BCUT2D eigenvalue weighted by atomic mass is 35.5. The molecule has 2 aromatic rings. The Morgan fingerprint density at radius 2 is 2.24 bits per heavy atom. The van der Waals surface area contributed by atoms with Crippen LogP contribution in [0.2, 0.25) is 5.02 Å². The van der Waals surface area contributed by atoms with E-state index in [-0.39, 0.29) is 22.1 Å². The molecule has 0 atom stereocenters. The van der Waals surface area contributed by atoms with Gasteiger partial charge in [0.1, 0.15) is 0 Å². The van der Waals surface area contributed by atoms with Gasteiger partial charge in [-0.1, -0.05) is 11.6 Å². The van der Waals surface area contributed by atoms with Crippen molar-refractivity contribution < 1.29 is 9.72 Å². The predicted octanol–water partition coefficient (Wildman–Crippen LogP) is 2.94. The molecule has 0 saturated heterocycles. The number of carbonyl (C=O) groups is 1. The van der Waals surface area contributed by atoms with Crippen LogP contribution in [0.3, 0.4) is 0 Å². The topological polar surface area (TPSA) is 73.1 Å². The second-order valence-electron chi connectivity index (χ2n) is 3.12. The number of ketones is 1. The largest absolute Gasteiger partial charge is 0.288 e. The maximum atomic E-state index is 11.9. The quantitative estimate of drug-likeness (QED) is 0.487. The van der Waals surface area contributed by atoms with Gasteiger partial charge in [0.05, 0.1) is 20.3 Å². The molecule has 0 spiro atoms. The van der Waals surface area contributed by atoms with Gasteiger partial charge >= 0.3 is 0 Å². The van der Waals surface area contributed by atoms with Gasteiger partial charge in [0.25, 0.3) is 5.69 Å². The van der Waals surface area contributed by atoms with Gasteiger partial charge in [-0.25, -0.2) is 0 Å². The number of halogens is 1. The number of hydrogen-bond acceptors (Lipinski definition) is 5. The van der Waals surface area contributed by atoms with Gasteiger partial charge < -0.3 is 0 Å². The fraction of sp³-hybridized carbons (Fsp3) is 0. The van der Waals surface area contributed by atoms with Crippen LogP contribution in [0.5, 0.6) is 0 Å². The fourth-order valence-corrected chi connectivity index (χ4v) is 2.10. The summed E-state index contributed by atoms with van der Waals surface area (Å²) in [4.78, 5) is 26.1. The summed E-state index contributed by atoms with van der Waals surface area (Å²) >= 11 is 7.04. The van der Waals surface area contributed by atoms with E-state index in [2.05, 4.69) is 4.98 Å². The fourth-order valence-electron chi connectivity index (χ4n) is 1.26. The summed E-state index contributed by atoms with van der Waals surface area (Å²) < 4.78 is 0. The Kier molecular flexibility index (Phi) is 3.16. The highest BCUT2D eigenvalue weighted by Crippen LogP contribution is 2.25. The van der Waals surface area contributed by atoms with E-state index in [9.17, 15) is 14.9 Å². The molecular weight excluding hydrogens is 264 g/mol. The number of nitro groups is 1. The minimum atomic E-state index is -0.563. The van der Waals surface area contributed by atoms with Crippen LogP contribution >= 0.6 is 22.9 Å². The Labute approximate surface area is 105 Å². The zero-order valence-corrected chi connectivity index (χ0v) is 9.86. The van der Waals surface area contributed by atoms with Crippen LogP contribution in [-0.2, 0) is 0 Å². The summed E-state index contributed by atoms with van der Waals surface area (Å²) in [5, 5.41) is 10.6. The van der Waals surface area contributed by atoms with Gasteiger partial charge in [0.2, 0.25) is 5.78 Å². The van der Waals surface area contributed by atoms with Crippen molar-refractivity contribution in [2.75, 3.05) is 0 Å². The van der Waals surface area contributed by atoms with Gasteiger partial charge in [-0.3, -0.25) is 19.9 Å². The van der Waals surface area contributed by atoms with Crippen LogP contribution in [0.15, 0.2) is 29.9 Å². The highest BCUT2D eigenvalue weighted by molar-refractivity contribution is 7.11. The summed E-state index contributed by atoms with van der Waals surface area (Å²) in [6, 6.07) is 3.76. The number of aromatic nitrogens is 1. The van der Waals surface area contributed by atoms with E-state index in [0.29, 0.717) is 4.88 Å². The lowest BCUT2D eigenvalue weighted by molar-refractivity contribution is -0.384. The van der Waals surface area contributed by atoms with Gasteiger partial charge in [-0.2, -0.15) is 0 Å². The van der Waals surface area contributed by atoms with Crippen molar-refractivity contribution in [3.05, 3.63) is 55.5 Å². The number of nitrogens with zero attached hydrogens (tertiary/aromatic N) is 2. The number of hydrogen-bond donors (Lipinski definition) is 0. The second kappa shape index (κ2) is 4.60. The zero-order chi connectivity index (χ0) is 12.4. The average Bonchev–Trinajstić information content (AvgIpc) is 2.81. The van der Waals surface area contributed by atoms with Crippen molar-refractivity contribution in [1.82, 2.24) is 4.98 Å². The first-order chi connectivity index (χ1) is 8.09. The molecule has 0 bridgehead atoms. The van der Waals surface area contributed by atoms with E-state index < -0.39 is 4.92 Å². The van der Waals surface area contributed by atoms with E-state index >= 15 is 0 Å². The SMILES string of the molecule is O=C(c1cncs1)c1ccc([N+](=O)[O-])cc1Cl. The first kappa shape index (κ1) is 11.7. The lowest BCUT2D eigenvalue weighted by Crippen LogP contribution is -2.00. The molecule has 2 rings (SSSR count).